The molecule has 0 aliphatic rings. The van der Waals surface area contributed by atoms with Gasteiger partial charge in [-0.1, -0.05) is 24.6 Å². The standard InChI is InChI=1S/C13H16ClN3O/c1-4-15-9(3)12-16-17-13(18-12)10-6-5-8(2)11(14)7-10/h5-7,9,15H,4H2,1-3H3. The van der Waals surface area contributed by atoms with E-state index >= 15 is 0 Å². The van der Waals surface area contributed by atoms with Crippen molar-refractivity contribution in [2.75, 3.05) is 6.54 Å². The minimum Gasteiger partial charge on any atom is -0.419 e. The smallest absolute Gasteiger partial charge is 0.247 e. The SMILES string of the molecule is CCNC(C)c1nnc(-c2ccc(C)c(Cl)c2)o1. The lowest BCUT2D eigenvalue weighted by Crippen LogP contribution is -2.17. The van der Waals surface area contributed by atoms with Crippen LogP contribution in [0.4, 0.5) is 0 Å². The maximum Gasteiger partial charge on any atom is 0.247 e. The second-order valence-electron chi connectivity index (χ2n) is 4.19. The van der Waals surface area contributed by atoms with Crippen LogP contribution in [0.25, 0.3) is 11.5 Å². The van der Waals surface area contributed by atoms with Gasteiger partial charge in [0.15, 0.2) is 0 Å². The fourth-order valence-electron chi connectivity index (χ4n) is 1.65. The second kappa shape index (κ2) is 5.50. The van der Waals surface area contributed by atoms with E-state index in [2.05, 4.69) is 15.5 Å². The molecule has 1 aromatic heterocycles. The molecule has 1 heterocycles. The lowest BCUT2D eigenvalue weighted by atomic mass is 10.1. The first-order chi connectivity index (χ1) is 8.61. The Morgan fingerprint density at radius 1 is 1.39 bits per heavy atom. The van der Waals surface area contributed by atoms with Gasteiger partial charge in [-0.25, -0.2) is 0 Å². The van der Waals surface area contributed by atoms with Crippen LogP contribution in [0.3, 0.4) is 0 Å². The third-order valence-electron chi connectivity index (χ3n) is 2.74. The second-order valence-corrected chi connectivity index (χ2v) is 4.60. The molecule has 1 N–H and O–H groups in total. The molecule has 4 nitrogen and oxygen atoms in total. The Hall–Kier alpha value is -1.39. The van der Waals surface area contributed by atoms with Crippen molar-refractivity contribution in [3.63, 3.8) is 0 Å². The van der Waals surface area contributed by atoms with E-state index in [1.54, 1.807) is 0 Å². The van der Waals surface area contributed by atoms with Crippen LogP contribution in [-0.4, -0.2) is 16.7 Å². The first kappa shape index (κ1) is 13.1. The molecule has 0 bridgehead atoms. The third-order valence-corrected chi connectivity index (χ3v) is 3.15. The van der Waals surface area contributed by atoms with Crippen LogP contribution in [0.15, 0.2) is 22.6 Å². The Morgan fingerprint density at radius 2 is 2.17 bits per heavy atom. The summed E-state index contributed by atoms with van der Waals surface area (Å²) >= 11 is 6.08. The molecule has 18 heavy (non-hydrogen) atoms. The number of aryl methyl sites for hydroxylation is 1. The zero-order valence-corrected chi connectivity index (χ0v) is 11.5. The van der Waals surface area contributed by atoms with Crippen molar-refractivity contribution in [2.24, 2.45) is 0 Å². The van der Waals surface area contributed by atoms with Gasteiger partial charge in [-0.3, -0.25) is 0 Å². The molecular weight excluding hydrogens is 250 g/mol. The third kappa shape index (κ3) is 2.71. The van der Waals surface area contributed by atoms with Crippen molar-refractivity contribution in [1.29, 1.82) is 0 Å². The molecule has 2 rings (SSSR count). The number of halogens is 1. The van der Waals surface area contributed by atoms with Crippen molar-refractivity contribution in [2.45, 2.75) is 26.8 Å². The molecule has 0 aliphatic carbocycles. The van der Waals surface area contributed by atoms with Crippen molar-refractivity contribution in [3.8, 4) is 11.5 Å². The number of rotatable bonds is 4. The lowest BCUT2D eigenvalue weighted by Gasteiger charge is -2.05. The molecule has 1 atom stereocenters. The van der Waals surface area contributed by atoms with Gasteiger partial charge < -0.3 is 9.73 Å². The minimum atomic E-state index is 0.0529. The molecule has 0 amide bonds. The topological polar surface area (TPSA) is 51.0 Å². The minimum absolute atomic E-state index is 0.0529. The molecule has 5 heteroatoms. The van der Waals surface area contributed by atoms with Gasteiger partial charge >= 0.3 is 0 Å². The molecular formula is C13H16ClN3O. The van der Waals surface area contributed by atoms with Crippen LogP contribution in [0.2, 0.25) is 5.02 Å². The van der Waals surface area contributed by atoms with Crippen LogP contribution >= 0.6 is 11.6 Å². The van der Waals surface area contributed by atoms with Crippen LogP contribution in [-0.2, 0) is 0 Å². The van der Waals surface area contributed by atoms with Crippen molar-refractivity contribution >= 4 is 11.6 Å². The number of hydrogen-bond donors (Lipinski definition) is 1. The van der Waals surface area contributed by atoms with E-state index < -0.39 is 0 Å². The normalized spacial score (nSPS) is 12.7. The summed E-state index contributed by atoms with van der Waals surface area (Å²) in [6.45, 7) is 6.84. The summed E-state index contributed by atoms with van der Waals surface area (Å²) < 4.78 is 5.64. The van der Waals surface area contributed by atoms with Gasteiger partial charge in [0, 0.05) is 10.6 Å². The summed E-state index contributed by atoms with van der Waals surface area (Å²) in [6, 6.07) is 5.76. The van der Waals surface area contributed by atoms with E-state index in [-0.39, 0.29) is 6.04 Å². The molecule has 96 valence electrons. The Labute approximate surface area is 111 Å². The van der Waals surface area contributed by atoms with E-state index in [9.17, 15) is 0 Å². The van der Waals surface area contributed by atoms with Gasteiger partial charge in [-0.15, -0.1) is 10.2 Å². The highest BCUT2D eigenvalue weighted by Gasteiger charge is 2.14. The van der Waals surface area contributed by atoms with E-state index in [4.69, 9.17) is 16.0 Å². The molecule has 0 saturated heterocycles. The average Bonchev–Trinajstić information content (AvgIpc) is 2.82. The van der Waals surface area contributed by atoms with Gasteiger partial charge in [0.25, 0.3) is 0 Å². The number of benzene rings is 1. The van der Waals surface area contributed by atoms with Crippen LogP contribution in [0.5, 0.6) is 0 Å². The summed E-state index contributed by atoms with van der Waals surface area (Å²) in [7, 11) is 0. The molecule has 0 fully saturated rings. The Morgan fingerprint density at radius 3 is 2.83 bits per heavy atom. The summed E-state index contributed by atoms with van der Waals surface area (Å²) in [6.07, 6.45) is 0. The largest absolute Gasteiger partial charge is 0.419 e. The Bertz CT molecular complexity index is 539. The van der Waals surface area contributed by atoms with E-state index in [0.717, 1.165) is 17.7 Å². The summed E-state index contributed by atoms with van der Waals surface area (Å²) in [5.74, 6) is 1.08. The molecule has 1 aromatic carbocycles. The Kier molecular flexibility index (Phi) is 3.99. The fourth-order valence-corrected chi connectivity index (χ4v) is 1.83. The van der Waals surface area contributed by atoms with Crippen molar-refractivity contribution in [1.82, 2.24) is 15.5 Å². The molecule has 0 radical (unpaired) electrons. The van der Waals surface area contributed by atoms with Crippen molar-refractivity contribution in [3.05, 3.63) is 34.7 Å². The number of aromatic nitrogens is 2. The molecule has 0 aliphatic heterocycles. The number of nitrogens with one attached hydrogen (secondary N) is 1. The zero-order valence-electron chi connectivity index (χ0n) is 10.7. The fraction of sp³-hybridized carbons (Fsp3) is 0.385. The maximum atomic E-state index is 6.08. The highest BCUT2D eigenvalue weighted by Crippen LogP contribution is 2.25. The van der Waals surface area contributed by atoms with Gasteiger partial charge in [-0.2, -0.15) is 0 Å². The first-order valence-corrected chi connectivity index (χ1v) is 6.33. The van der Waals surface area contributed by atoms with Crippen LogP contribution < -0.4 is 5.32 Å². The van der Waals surface area contributed by atoms with Gasteiger partial charge in [0.05, 0.1) is 6.04 Å². The van der Waals surface area contributed by atoms with E-state index in [0.29, 0.717) is 16.8 Å². The average molecular weight is 266 g/mol. The van der Waals surface area contributed by atoms with Gasteiger partial charge in [0.2, 0.25) is 11.8 Å². The lowest BCUT2D eigenvalue weighted by molar-refractivity contribution is 0.429. The molecule has 0 saturated carbocycles. The maximum absolute atomic E-state index is 6.08. The molecule has 2 aromatic rings. The summed E-state index contributed by atoms with van der Waals surface area (Å²) in [5, 5.41) is 12.0. The highest BCUT2D eigenvalue weighted by molar-refractivity contribution is 6.31. The predicted molar refractivity (Wildman–Crippen MR) is 71.6 cm³/mol. The van der Waals surface area contributed by atoms with Crippen molar-refractivity contribution < 1.29 is 4.42 Å². The van der Waals surface area contributed by atoms with E-state index in [1.807, 2.05) is 39.0 Å². The summed E-state index contributed by atoms with van der Waals surface area (Å²) in [4.78, 5) is 0. The molecule has 0 spiro atoms. The zero-order chi connectivity index (χ0) is 13.1. The highest BCUT2D eigenvalue weighted by atomic mass is 35.5. The van der Waals surface area contributed by atoms with Gasteiger partial charge in [-0.05, 0) is 38.1 Å². The Balaban J connectivity index is 2.26. The predicted octanol–water partition coefficient (Wildman–Crippen LogP) is 3.37. The van der Waals surface area contributed by atoms with Crippen LogP contribution in [0, 0.1) is 6.92 Å². The van der Waals surface area contributed by atoms with Gasteiger partial charge in [0.1, 0.15) is 0 Å². The van der Waals surface area contributed by atoms with Crippen LogP contribution in [0.1, 0.15) is 31.3 Å². The first-order valence-electron chi connectivity index (χ1n) is 5.95. The monoisotopic (exact) mass is 265 g/mol. The van der Waals surface area contributed by atoms with E-state index in [1.165, 1.54) is 0 Å². The number of hydrogen-bond acceptors (Lipinski definition) is 4. The molecule has 1 unspecified atom stereocenters. The quantitative estimate of drug-likeness (QED) is 0.921. The number of nitrogens with zero attached hydrogens (tertiary/aromatic N) is 2. The summed E-state index contributed by atoms with van der Waals surface area (Å²) in [5.41, 5.74) is 1.87.